The number of amides is 1. The topological polar surface area (TPSA) is 49.3 Å². The number of thioether (sulfide) groups is 1. The van der Waals surface area contributed by atoms with Gasteiger partial charge in [-0.05, 0) is 11.7 Å². The lowest BCUT2D eigenvalue weighted by molar-refractivity contribution is -0.118. The Morgan fingerprint density at radius 2 is 2.36 bits per heavy atom. The molecule has 0 aliphatic carbocycles. The van der Waals surface area contributed by atoms with E-state index < -0.39 is 0 Å². The summed E-state index contributed by atoms with van der Waals surface area (Å²) in [6, 6.07) is 0. The average molecular weight is 177 g/mol. The largest absolute Gasteiger partial charge is 0.396 e. The Balaban J connectivity index is 3.20. The number of hydrogen-bond acceptors (Lipinski definition) is 3. The third kappa shape index (κ3) is 6.19. The van der Waals surface area contributed by atoms with Crippen molar-refractivity contribution in [1.82, 2.24) is 5.32 Å². The van der Waals surface area contributed by atoms with Crippen LogP contribution in [0.5, 0.6) is 0 Å². The highest BCUT2D eigenvalue weighted by atomic mass is 32.2. The molecule has 0 aliphatic rings. The zero-order chi connectivity index (χ0) is 8.69. The molecule has 3 nitrogen and oxygen atoms in total. The number of nitrogens with one attached hydrogen (secondary N) is 1. The van der Waals surface area contributed by atoms with Gasteiger partial charge in [-0.25, -0.2) is 0 Å². The molecular weight excluding hydrogens is 162 g/mol. The zero-order valence-corrected chi connectivity index (χ0v) is 7.78. The third-order valence-electron chi connectivity index (χ3n) is 1.23. The maximum atomic E-state index is 10.7. The summed E-state index contributed by atoms with van der Waals surface area (Å²) < 4.78 is 0. The summed E-state index contributed by atoms with van der Waals surface area (Å²) in [7, 11) is 1.62. The van der Waals surface area contributed by atoms with E-state index in [1.807, 2.05) is 6.92 Å². The van der Waals surface area contributed by atoms with Gasteiger partial charge in [0, 0.05) is 13.7 Å². The molecule has 0 fully saturated rings. The molecule has 0 radical (unpaired) electrons. The zero-order valence-electron chi connectivity index (χ0n) is 6.96. The fourth-order valence-corrected chi connectivity index (χ4v) is 1.43. The molecule has 0 saturated carbocycles. The molecule has 2 N–H and O–H groups in total. The number of rotatable bonds is 5. The Bertz CT molecular complexity index is 119. The van der Waals surface area contributed by atoms with Crippen molar-refractivity contribution in [3.05, 3.63) is 0 Å². The molecule has 66 valence electrons. The minimum atomic E-state index is 0.0418. The van der Waals surface area contributed by atoms with Crippen molar-refractivity contribution in [3.63, 3.8) is 0 Å². The first kappa shape index (κ1) is 10.8. The standard InChI is InChI=1S/C7H15NO2S/c1-6(3-9)4-11-5-7(10)8-2/h6,9H,3-5H2,1-2H3,(H,8,10). The fraction of sp³-hybridized carbons (Fsp3) is 0.857. The van der Waals surface area contributed by atoms with Gasteiger partial charge in [-0.1, -0.05) is 6.92 Å². The highest BCUT2D eigenvalue weighted by Crippen LogP contribution is 2.06. The molecule has 1 unspecified atom stereocenters. The minimum Gasteiger partial charge on any atom is -0.396 e. The quantitative estimate of drug-likeness (QED) is 0.626. The molecule has 0 saturated heterocycles. The second-order valence-corrected chi connectivity index (χ2v) is 3.51. The molecule has 0 aromatic carbocycles. The monoisotopic (exact) mass is 177 g/mol. The first-order chi connectivity index (χ1) is 5.20. The molecule has 0 rings (SSSR count). The Labute approximate surface area is 71.6 Å². The van der Waals surface area contributed by atoms with Gasteiger partial charge in [-0.2, -0.15) is 11.8 Å². The van der Waals surface area contributed by atoms with E-state index >= 15 is 0 Å². The Kier molecular flexibility index (Phi) is 6.36. The SMILES string of the molecule is CNC(=O)CSCC(C)CO. The van der Waals surface area contributed by atoms with Crippen LogP contribution >= 0.6 is 11.8 Å². The third-order valence-corrected chi connectivity index (χ3v) is 2.50. The van der Waals surface area contributed by atoms with Crippen LogP contribution in [0.15, 0.2) is 0 Å². The number of carbonyl (C=O) groups excluding carboxylic acids is 1. The molecule has 4 heteroatoms. The lowest BCUT2D eigenvalue weighted by Gasteiger charge is -2.05. The van der Waals surface area contributed by atoms with Crippen LogP contribution in [0.1, 0.15) is 6.92 Å². The summed E-state index contributed by atoms with van der Waals surface area (Å²) in [4.78, 5) is 10.7. The van der Waals surface area contributed by atoms with Crippen molar-refractivity contribution >= 4 is 17.7 Å². The lowest BCUT2D eigenvalue weighted by Crippen LogP contribution is -2.20. The van der Waals surface area contributed by atoms with Gasteiger partial charge in [-0.3, -0.25) is 4.79 Å². The van der Waals surface area contributed by atoms with Crippen molar-refractivity contribution in [1.29, 1.82) is 0 Å². The van der Waals surface area contributed by atoms with E-state index in [4.69, 9.17) is 5.11 Å². The molecule has 0 aliphatic heterocycles. The summed E-state index contributed by atoms with van der Waals surface area (Å²) >= 11 is 1.55. The molecule has 0 heterocycles. The molecular formula is C7H15NO2S. The van der Waals surface area contributed by atoms with Crippen LogP contribution in [0, 0.1) is 5.92 Å². The van der Waals surface area contributed by atoms with Gasteiger partial charge < -0.3 is 10.4 Å². The second kappa shape index (κ2) is 6.49. The van der Waals surface area contributed by atoms with Crippen LogP contribution in [0.2, 0.25) is 0 Å². The van der Waals surface area contributed by atoms with E-state index in [0.717, 1.165) is 5.75 Å². The van der Waals surface area contributed by atoms with Crippen LogP contribution in [-0.2, 0) is 4.79 Å². The van der Waals surface area contributed by atoms with E-state index in [2.05, 4.69) is 5.32 Å². The van der Waals surface area contributed by atoms with E-state index in [1.165, 1.54) is 0 Å². The van der Waals surface area contributed by atoms with Crippen molar-refractivity contribution < 1.29 is 9.90 Å². The number of hydrogen-bond donors (Lipinski definition) is 2. The van der Waals surface area contributed by atoms with Crippen LogP contribution in [0.25, 0.3) is 0 Å². The maximum Gasteiger partial charge on any atom is 0.229 e. The van der Waals surface area contributed by atoms with Crippen molar-refractivity contribution in [2.24, 2.45) is 5.92 Å². The summed E-state index contributed by atoms with van der Waals surface area (Å²) in [5.74, 6) is 1.65. The summed E-state index contributed by atoms with van der Waals surface area (Å²) in [6.07, 6.45) is 0. The van der Waals surface area contributed by atoms with Gasteiger partial charge >= 0.3 is 0 Å². The first-order valence-corrected chi connectivity index (χ1v) is 4.75. The molecule has 11 heavy (non-hydrogen) atoms. The Morgan fingerprint density at radius 3 is 2.82 bits per heavy atom. The van der Waals surface area contributed by atoms with Gasteiger partial charge in [-0.15, -0.1) is 0 Å². The second-order valence-electron chi connectivity index (χ2n) is 2.48. The molecule has 0 aromatic rings. The highest BCUT2D eigenvalue weighted by Gasteiger charge is 2.02. The first-order valence-electron chi connectivity index (χ1n) is 3.60. The molecule has 0 spiro atoms. The summed E-state index contributed by atoms with van der Waals surface area (Å²) in [5, 5.41) is 11.2. The van der Waals surface area contributed by atoms with Gasteiger partial charge in [0.2, 0.25) is 5.91 Å². The van der Waals surface area contributed by atoms with Gasteiger partial charge in [0.1, 0.15) is 0 Å². The van der Waals surface area contributed by atoms with Gasteiger partial charge in [0.15, 0.2) is 0 Å². The van der Waals surface area contributed by atoms with Crippen molar-refractivity contribution in [2.45, 2.75) is 6.92 Å². The lowest BCUT2D eigenvalue weighted by atomic mass is 10.2. The molecule has 1 amide bonds. The molecule has 1 atom stereocenters. The normalized spacial score (nSPS) is 12.6. The predicted octanol–water partition coefficient (Wildman–Crippen LogP) is 0.0940. The van der Waals surface area contributed by atoms with Crippen LogP contribution < -0.4 is 5.32 Å². The molecule has 0 bridgehead atoms. The minimum absolute atomic E-state index is 0.0418. The smallest absolute Gasteiger partial charge is 0.229 e. The van der Waals surface area contributed by atoms with Crippen LogP contribution in [0.3, 0.4) is 0 Å². The molecule has 0 aromatic heterocycles. The summed E-state index contributed by atoms with van der Waals surface area (Å²) in [6.45, 7) is 2.15. The van der Waals surface area contributed by atoms with E-state index in [1.54, 1.807) is 18.8 Å². The summed E-state index contributed by atoms with van der Waals surface area (Å²) in [5.41, 5.74) is 0. The highest BCUT2D eigenvalue weighted by molar-refractivity contribution is 7.99. The number of aliphatic hydroxyl groups is 1. The van der Waals surface area contributed by atoms with E-state index in [9.17, 15) is 4.79 Å². The predicted molar refractivity (Wildman–Crippen MR) is 47.6 cm³/mol. The maximum absolute atomic E-state index is 10.7. The Morgan fingerprint density at radius 1 is 1.73 bits per heavy atom. The Hall–Kier alpha value is -0.220. The van der Waals surface area contributed by atoms with Crippen LogP contribution in [0.4, 0.5) is 0 Å². The average Bonchev–Trinajstić information content (AvgIpc) is 2.04. The van der Waals surface area contributed by atoms with Crippen molar-refractivity contribution in [2.75, 3.05) is 25.2 Å². The van der Waals surface area contributed by atoms with Crippen LogP contribution in [-0.4, -0.2) is 36.2 Å². The van der Waals surface area contributed by atoms with Crippen molar-refractivity contribution in [3.8, 4) is 0 Å². The van der Waals surface area contributed by atoms with E-state index in [0.29, 0.717) is 5.75 Å². The van der Waals surface area contributed by atoms with E-state index in [-0.39, 0.29) is 18.4 Å². The van der Waals surface area contributed by atoms with Gasteiger partial charge in [0.05, 0.1) is 5.75 Å². The van der Waals surface area contributed by atoms with Gasteiger partial charge in [0.25, 0.3) is 0 Å². The number of aliphatic hydroxyl groups excluding tert-OH is 1. The fourth-order valence-electron chi connectivity index (χ4n) is 0.478. The number of carbonyl (C=O) groups is 1.